The van der Waals surface area contributed by atoms with E-state index in [0.717, 1.165) is 6.07 Å². The van der Waals surface area contributed by atoms with E-state index in [0.29, 0.717) is 42.1 Å². The van der Waals surface area contributed by atoms with Crippen LogP contribution in [0.1, 0.15) is 49.7 Å². The summed E-state index contributed by atoms with van der Waals surface area (Å²) in [7, 11) is 1.66. The molecule has 2 aromatic heterocycles. The SMILES string of the molecule is C=C[C@H](c1cccc(C(F)F)c1F)N(C)c1nc(C)nc2cc(=O)n(C3(C)CCN(C(C)=O)C3)cc12. The van der Waals surface area contributed by atoms with Crippen molar-refractivity contribution >= 4 is 22.6 Å². The first-order valence-electron chi connectivity index (χ1n) is 11.6. The number of carbonyl (C=O) groups is 1. The van der Waals surface area contributed by atoms with E-state index in [1.807, 2.05) is 6.92 Å². The normalized spacial score (nSPS) is 18.6. The van der Waals surface area contributed by atoms with E-state index in [-0.39, 0.29) is 17.0 Å². The van der Waals surface area contributed by atoms with Crippen molar-refractivity contribution in [1.29, 1.82) is 0 Å². The van der Waals surface area contributed by atoms with Gasteiger partial charge >= 0.3 is 0 Å². The van der Waals surface area contributed by atoms with E-state index in [1.54, 1.807) is 34.5 Å². The molecule has 4 rings (SSSR count). The Balaban J connectivity index is 1.86. The average molecular weight is 500 g/mol. The maximum absolute atomic E-state index is 15.0. The summed E-state index contributed by atoms with van der Waals surface area (Å²) < 4.78 is 43.3. The molecule has 1 amide bonds. The van der Waals surface area contributed by atoms with Crippen molar-refractivity contribution in [3.8, 4) is 0 Å². The van der Waals surface area contributed by atoms with Crippen LogP contribution in [0.3, 0.4) is 0 Å². The van der Waals surface area contributed by atoms with Gasteiger partial charge in [-0.15, -0.1) is 6.58 Å². The first-order valence-corrected chi connectivity index (χ1v) is 11.6. The third kappa shape index (κ3) is 4.36. The van der Waals surface area contributed by atoms with E-state index in [1.165, 1.54) is 31.2 Å². The number of aryl methyl sites for hydroxylation is 1. The van der Waals surface area contributed by atoms with E-state index >= 15 is 4.39 Å². The summed E-state index contributed by atoms with van der Waals surface area (Å²) in [5, 5.41) is 0.530. The molecule has 0 saturated carbocycles. The molecule has 0 bridgehead atoms. The summed E-state index contributed by atoms with van der Waals surface area (Å²) in [6.45, 7) is 9.80. The number of hydrogen-bond acceptors (Lipinski definition) is 5. The minimum absolute atomic E-state index is 0.0305. The van der Waals surface area contributed by atoms with Crippen molar-refractivity contribution in [2.75, 3.05) is 25.0 Å². The molecule has 10 heteroatoms. The molecular formula is C26H28F3N5O2. The number of hydrogen-bond donors (Lipinski definition) is 0. The van der Waals surface area contributed by atoms with Crippen molar-refractivity contribution in [2.24, 2.45) is 0 Å². The Kier molecular flexibility index (Phi) is 6.64. The lowest BCUT2D eigenvalue weighted by Crippen LogP contribution is -2.41. The van der Waals surface area contributed by atoms with Crippen molar-refractivity contribution in [3.63, 3.8) is 0 Å². The minimum atomic E-state index is -2.96. The fourth-order valence-electron chi connectivity index (χ4n) is 4.89. The van der Waals surface area contributed by atoms with Crippen LogP contribution in [0.25, 0.3) is 10.9 Å². The Labute approximate surface area is 206 Å². The van der Waals surface area contributed by atoms with Crippen LogP contribution in [-0.2, 0) is 10.3 Å². The summed E-state index contributed by atoms with van der Waals surface area (Å²) in [5.41, 5.74) is -1.15. The van der Waals surface area contributed by atoms with Crippen LogP contribution in [0, 0.1) is 12.7 Å². The number of anilines is 1. The van der Waals surface area contributed by atoms with Gasteiger partial charge in [0.2, 0.25) is 5.91 Å². The zero-order valence-corrected chi connectivity index (χ0v) is 20.6. The second-order valence-electron chi connectivity index (χ2n) is 9.41. The Bertz CT molecular complexity index is 1410. The van der Waals surface area contributed by atoms with Crippen LogP contribution in [0.4, 0.5) is 19.0 Å². The maximum atomic E-state index is 15.0. The van der Waals surface area contributed by atoms with Crippen molar-refractivity contribution in [2.45, 2.75) is 45.2 Å². The highest BCUT2D eigenvalue weighted by molar-refractivity contribution is 5.89. The summed E-state index contributed by atoms with van der Waals surface area (Å²) in [6, 6.07) is 4.47. The molecule has 1 aromatic carbocycles. The standard InChI is InChI=1S/C26H28F3N5O2/c1-6-21(17-8-7-9-18(23(17)27)24(28)29)32(5)25-19-13-34(22(36)12-20(19)30-15(2)31-25)26(4)10-11-33(14-26)16(3)35/h6-9,12-13,21,24H,1,10-11,14H2,2-5H3/t21-,26?/m1/s1. The van der Waals surface area contributed by atoms with Gasteiger partial charge in [0, 0.05) is 44.9 Å². The number of fused-ring (bicyclic) bond motifs is 1. The highest BCUT2D eigenvalue weighted by Gasteiger charge is 2.37. The van der Waals surface area contributed by atoms with Crippen LogP contribution in [0.5, 0.6) is 0 Å². The van der Waals surface area contributed by atoms with Gasteiger partial charge in [-0.3, -0.25) is 9.59 Å². The number of carbonyl (C=O) groups excluding carboxylic acids is 1. The van der Waals surface area contributed by atoms with Gasteiger partial charge in [0.1, 0.15) is 17.5 Å². The van der Waals surface area contributed by atoms with Gasteiger partial charge in [-0.1, -0.05) is 24.3 Å². The second-order valence-corrected chi connectivity index (χ2v) is 9.41. The Morgan fingerprint density at radius 1 is 1.28 bits per heavy atom. The molecule has 1 fully saturated rings. The number of likely N-dealkylation sites (tertiary alicyclic amines) is 1. The Morgan fingerprint density at radius 2 is 1.97 bits per heavy atom. The zero-order valence-electron chi connectivity index (χ0n) is 20.6. The van der Waals surface area contributed by atoms with Crippen LogP contribution in [-0.4, -0.2) is 45.5 Å². The fraction of sp³-hybridized carbons (Fsp3) is 0.385. The number of rotatable bonds is 6. The third-order valence-corrected chi connectivity index (χ3v) is 6.89. The first-order chi connectivity index (χ1) is 17.0. The molecule has 0 aliphatic carbocycles. The second kappa shape index (κ2) is 9.40. The average Bonchev–Trinajstić information content (AvgIpc) is 3.22. The lowest BCUT2D eigenvalue weighted by molar-refractivity contribution is -0.128. The van der Waals surface area contributed by atoms with Crippen LogP contribution in [0.15, 0.2) is 47.9 Å². The van der Waals surface area contributed by atoms with Crippen LogP contribution >= 0.6 is 0 Å². The summed E-state index contributed by atoms with van der Waals surface area (Å²) in [4.78, 5) is 37.3. The van der Waals surface area contributed by atoms with Gasteiger partial charge in [0.05, 0.1) is 28.0 Å². The molecular weight excluding hydrogens is 471 g/mol. The molecule has 2 atom stereocenters. The van der Waals surface area contributed by atoms with Gasteiger partial charge < -0.3 is 14.4 Å². The third-order valence-electron chi connectivity index (χ3n) is 6.89. The zero-order chi connectivity index (χ0) is 26.4. The largest absolute Gasteiger partial charge is 0.348 e. The lowest BCUT2D eigenvalue weighted by Gasteiger charge is -2.30. The summed E-state index contributed by atoms with van der Waals surface area (Å²) >= 11 is 0. The van der Waals surface area contributed by atoms with E-state index < -0.39 is 29.4 Å². The van der Waals surface area contributed by atoms with Crippen molar-refractivity contribution in [1.82, 2.24) is 19.4 Å². The minimum Gasteiger partial charge on any atom is -0.348 e. The first kappa shape index (κ1) is 25.4. The number of benzene rings is 1. The Hall–Kier alpha value is -3.69. The predicted molar refractivity (Wildman–Crippen MR) is 132 cm³/mol. The molecule has 0 spiro atoms. The quantitative estimate of drug-likeness (QED) is 0.467. The fourth-order valence-corrected chi connectivity index (χ4v) is 4.89. The monoisotopic (exact) mass is 499 g/mol. The smallest absolute Gasteiger partial charge is 0.266 e. The molecule has 36 heavy (non-hydrogen) atoms. The number of aromatic nitrogens is 3. The molecule has 1 unspecified atom stereocenters. The number of likely N-dealkylation sites (N-methyl/N-ethyl adjacent to an activating group) is 1. The summed E-state index contributed by atoms with van der Waals surface area (Å²) in [6.07, 6.45) is 0.754. The maximum Gasteiger partial charge on any atom is 0.266 e. The van der Waals surface area contributed by atoms with E-state index in [2.05, 4.69) is 16.5 Å². The summed E-state index contributed by atoms with van der Waals surface area (Å²) in [5.74, 6) is -0.281. The molecule has 3 aromatic rings. The van der Waals surface area contributed by atoms with Gasteiger partial charge in [-0.05, 0) is 20.3 Å². The number of pyridine rings is 1. The topological polar surface area (TPSA) is 71.3 Å². The highest BCUT2D eigenvalue weighted by Crippen LogP contribution is 2.35. The van der Waals surface area contributed by atoms with Crippen LogP contribution in [0.2, 0.25) is 0 Å². The van der Waals surface area contributed by atoms with E-state index in [9.17, 15) is 18.4 Å². The number of alkyl halides is 2. The molecule has 1 aliphatic heterocycles. The lowest BCUT2D eigenvalue weighted by atomic mass is 10.00. The van der Waals surface area contributed by atoms with Crippen molar-refractivity contribution < 1.29 is 18.0 Å². The molecule has 0 N–H and O–H groups in total. The van der Waals surface area contributed by atoms with Gasteiger partial charge in [0.25, 0.3) is 12.0 Å². The molecule has 190 valence electrons. The highest BCUT2D eigenvalue weighted by atomic mass is 19.3. The van der Waals surface area contributed by atoms with Crippen LogP contribution < -0.4 is 10.5 Å². The molecule has 1 saturated heterocycles. The number of nitrogens with zero attached hydrogens (tertiary/aromatic N) is 5. The van der Waals surface area contributed by atoms with Crippen molar-refractivity contribution in [3.05, 3.63) is 76.2 Å². The molecule has 0 radical (unpaired) electrons. The van der Waals surface area contributed by atoms with Gasteiger partial charge in [-0.25, -0.2) is 23.1 Å². The number of halogens is 3. The van der Waals surface area contributed by atoms with E-state index in [4.69, 9.17) is 0 Å². The predicted octanol–water partition coefficient (Wildman–Crippen LogP) is 4.51. The Morgan fingerprint density at radius 3 is 2.58 bits per heavy atom. The number of amides is 1. The molecule has 3 heterocycles. The molecule has 7 nitrogen and oxygen atoms in total. The van der Waals surface area contributed by atoms with Gasteiger partial charge in [-0.2, -0.15) is 0 Å². The van der Waals surface area contributed by atoms with Gasteiger partial charge in [0.15, 0.2) is 0 Å². The molecule has 1 aliphatic rings.